The second-order valence-corrected chi connectivity index (χ2v) is 6.99. The molecule has 0 spiro atoms. The van der Waals surface area contributed by atoms with Gasteiger partial charge in [0.1, 0.15) is 0 Å². The van der Waals surface area contributed by atoms with Gasteiger partial charge in [-0.05, 0) is 38.1 Å². The number of carbonyl (C=O) groups is 1. The molecule has 0 atom stereocenters. The van der Waals surface area contributed by atoms with E-state index >= 15 is 0 Å². The third-order valence-electron chi connectivity index (χ3n) is 4.12. The molecule has 25 heavy (non-hydrogen) atoms. The van der Waals surface area contributed by atoms with Crippen LogP contribution in [0.3, 0.4) is 0 Å². The first-order valence-electron chi connectivity index (χ1n) is 7.98. The third kappa shape index (κ3) is 3.93. The monoisotopic (exact) mass is 355 g/mol. The topological polar surface area (TPSA) is 64.7 Å². The Hall–Kier alpha value is -2.54. The normalized spacial score (nSPS) is 10.9. The second-order valence-electron chi connectivity index (χ2n) is 5.95. The van der Waals surface area contributed by atoms with Crippen LogP contribution in [0.25, 0.3) is 0 Å². The lowest BCUT2D eigenvalue weighted by molar-refractivity contribution is -0.115. The fraction of sp³-hybridized carbons (Fsp3) is 0.278. The maximum atomic E-state index is 12.3. The van der Waals surface area contributed by atoms with Crippen molar-refractivity contribution in [3.05, 3.63) is 53.6 Å². The van der Waals surface area contributed by atoms with Gasteiger partial charge in [-0.1, -0.05) is 11.8 Å². The van der Waals surface area contributed by atoms with Crippen LogP contribution >= 0.6 is 11.8 Å². The van der Waals surface area contributed by atoms with Gasteiger partial charge in [0.05, 0.1) is 12.1 Å². The molecule has 130 valence electrons. The van der Waals surface area contributed by atoms with Crippen molar-refractivity contribution in [2.75, 3.05) is 5.32 Å². The minimum Gasteiger partial charge on any atom is -0.329 e. The summed E-state index contributed by atoms with van der Waals surface area (Å²) < 4.78 is 3.78. The van der Waals surface area contributed by atoms with Crippen LogP contribution in [0, 0.1) is 13.8 Å². The molecular formula is C18H21N5OS. The van der Waals surface area contributed by atoms with E-state index in [0.29, 0.717) is 6.42 Å². The zero-order valence-corrected chi connectivity index (χ0v) is 15.6. The molecule has 6 nitrogen and oxygen atoms in total. The van der Waals surface area contributed by atoms with Crippen molar-refractivity contribution < 1.29 is 4.79 Å². The first-order valence-corrected chi connectivity index (χ1v) is 8.80. The third-order valence-corrected chi connectivity index (χ3v) is 5.20. The zero-order valence-electron chi connectivity index (χ0n) is 14.8. The largest absolute Gasteiger partial charge is 0.329 e. The summed E-state index contributed by atoms with van der Waals surface area (Å²) in [7, 11) is 3.86. The van der Waals surface area contributed by atoms with E-state index in [2.05, 4.69) is 15.4 Å². The van der Waals surface area contributed by atoms with E-state index in [4.69, 9.17) is 0 Å². The maximum Gasteiger partial charge on any atom is 0.228 e. The number of rotatable bonds is 5. The van der Waals surface area contributed by atoms with E-state index in [1.807, 2.05) is 67.7 Å². The molecule has 0 saturated heterocycles. The Morgan fingerprint density at radius 1 is 1.20 bits per heavy atom. The van der Waals surface area contributed by atoms with Crippen molar-refractivity contribution >= 4 is 23.4 Å². The molecule has 3 rings (SSSR count). The minimum absolute atomic E-state index is 0.0382. The van der Waals surface area contributed by atoms with Gasteiger partial charge in [0.25, 0.3) is 0 Å². The van der Waals surface area contributed by atoms with Gasteiger partial charge in [0.15, 0.2) is 5.16 Å². The standard InChI is InChI=1S/C18H21N5OS/c1-12-16(13(2)23(4)21-12)11-17(24)20-14-5-7-15(8-6-14)25-18-19-9-10-22(18)3/h5-10H,11H2,1-4H3,(H,20,24). The Bertz CT molecular complexity index is 895. The van der Waals surface area contributed by atoms with Crippen molar-refractivity contribution in [1.82, 2.24) is 19.3 Å². The van der Waals surface area contributed by atoms with Crippen LogP contribution in [0.15, 0.2) is 46.7 Å². The molecule has 0 aliphatic heterocycles. The summed E-state index contributed by atoms with van der Waals surface area (Å²) >= 11 is 1.59. The first kappa shape index (κ1) is 17.3. The average molecular weight is 355 g/mol. The lowest BCUT2D eigenvalue weighted by atomic mass is 10.1. The van der Waals surface area contributed by atoms with E-state index in [-0.39, 0.29) is 5.91 Å². The Balaban J connectivity index is 1.63. The molecule has 0 unspecified atom stereocenters. The smallest absolute Gasteiger partial charge is 0.228 e. The Morgan fingerprint density at radius 3 is 2.48 bits per heavy atom. The summed E-state index contributed by atoms with van der Waals surface area (Å²) in [5.74, 6) is -0.0382. The van der Waals surface area contributed by atoms with Gasteiger partial charge in [-0.25, -0.2) is 4.98 Å². The van der Waals surface area contributed by atoms with Crippen molar-refractivity contribution in [2.45, 2.75) is 30.3 Å². The van der Waals surface area contributed by atoms with Gasteiger partial charge >= 0.3 is 0 Å². The van der Waals surface area contributed by atoms with E-state index in [0.717, 1.165) is 32.7 Å². The number of hydrogen-bond donors (Lipinski definition) is 1. The highest BCUT2D eigenvalue weighted by molar-refractivity contribution is 7.99. The van der Waals surface area contributed by atoms with Crippen molar-refractivity contribution in [2.24, 2.45) is 14.1 Å². The SMILES string of the molecule is Cc1nn(C)c(C)c1CC(=O)Nc1ccc(Sc2nccn2C)cc1. The highest BCUT2D eigenvalue weighted by Crippen LogP contribution is 2.26. The maximum absolute atomic E-state index is 12.3. The molecule has 0 fully saturated rings. The van der Waals surface area contributed by atoms with Crippen LogP contribution in [0.2, 0.25) is 0 Å². The second kappa shape index (κ2) is 7.14. The number of nitrogens with zero attached hydrogens (tertiary/aromatic N) is 4. The lowest BCUT2D eigenvalue weighted by Gasteiger charge is -2.07. The number of hydrogen-bond acceptors (Lipinski definition) is 4. The van der Waals surface area contributed by atoms with E-state index in [9.17, 15) is 4.79 Å². The van der Waals surface area contributed by atoms with E-state index < -0.39 is 0 Å². The number of anilines is 1. The molecule has 0 aliphatic rings. The van der Waals surface area contributed by atoms with Gasteiger partial charge in [-0.3, -0.25) is 9.48 Å². The Morgan fingerprint density at radius 2 is 1.92 bits per heavy atom. The van der Waals surface area contributed by atoms with Crippen LogP contribution in [-0.2, 0) is 25.3 Å². The molecule has 0 radical (unpaired) electrons. The molecule has 0 bridgehead atoms. The molecule has 1 aromatic carbocycles. The Labute approximate surface area is 151 Å². The molecule has 7 heteroatoms. The predicted octanol–water partition coefficient (Wildman–Crippen LogP) is 3.10. The highest BCUT2D eigenvalue weighted by atomic mass is 32.2. The molecule has 1 N–H and O–H groups in total. The van der Waals surface area contributed by atoms with Gasteiger partial charge < -0.3 is 9.88 Å². The van der Waals surface area contributed by atoms with Crippen LogP contribution in [0.4, 0.5) is 5.69 Å². The number of aromatic nitrogens is 4. The lowest BCUT2D eigenvalue weighted by Crippen LogP contribution is -2.15. The van der Waals surface area contributed by atoms with Gasteiger partial charge in [0, 0.05) is 48.3 Å². The molecule has 2 aromatic heterocycles. The fourth-order valence-corrected chi connectivity index (χ4v) is 3.40. The molecule has 2 heterocycles. The molecule has 0 saturated carbocycles. The summed E-state index contributed by atoms with van der Waals surface area (Å²) in [6.07, 6.45) is 4.02. The quantitative estimate of drug-likeness (QED) is 0.764. The van der Waals surface area contributed by atoms with Crippen molar-refractivity contribution in [3.8, 4) is 0 Å². The fourth-order valence-electron chi connectivity index (χ4n) is 2.60. The number of amides is 1. The summed E-state index contributed by atoms with van der Waals surface area (Å²) in [6, 6.07) is 7.78. The van der Waals surface area contributed by atoms with Crippen LogP contribution < -0.4 is 5.32 Å². The average Bonchev–Trinajstić information content (AvgIpc) is 3.08. The van der Waals surface area contributed by atoms with Crippen LogP contribution in [0.1, 0.15) is 17.0 Å². The predicted molar refractivity (Wildman–Crippen MR) is 98.8 cm³/mol. The number of benzene rings is 1. The summed E-state index contributed by atoms with van der Waals surface area (Å²) in [6.45, 7) is 3.91. The van der Waals surface area contributed by atoms with Gasteiger partial charge in [-0.15, -0.1) is 0 Å². The van der Waals surface area contributed by atoms with Crippen LogP contribution in [0.5, 0.6) is 0 Å². The van der Waals surface area contributed by atoms with Crippen molar-refractivity contribution in [1.29, 1.82) is 0 Å². The molecule has 0 aliphatic carbocycles. The van der Waals surface area contributed by atoms with Gasteiger partial charge in [0.2, 0.25) is 5.91 Å². The van der Waals surface area contributed by atoms with Gasteiger partial charge in [-0.2, -0.15) is 5.10 Å². The van der Waals surface area contributed by atoms with Crippen molar-refractivity contribution in [3.63, 3.8) is 0 Å². The number of carbonyl (C=O) groups excluding carboxylic acids is 1. The summed E-state index contributed by atoms with van der Waals surface area (Å²) in [5, 5.41) is 8.23. The molecule has 1 amide bonds. The van der Waals surface area contributed by atoms with E-state index in [1.54, 1.807) is 18.0 Å². The number of imidazole rings is 1. The minimum atomic E-state index is -0.0382. The highest BCUT2D eigenvalue weighted by Gasteiger charge is 2.13. The number of aryl methyl sites for hydroxylation is 3. The van der Waals surface area contributed by atoms with E-state index in [1.165, 1.54) is 0 Å². The van der Waals surface area contributed by atoms with Crippen LogP contribution in [-0.4, -0.2) is 25.2 Å². The zero-order chi connectivity index (χ0) is 18.0. The summed E-state index contributed by atoms with van der Waals surface area (Å²) in [4.78, 5) is 17.7. The number of nitrogens with one attached hydrogen (secondary N) is 1. The summed E-state index contributed by atoms with van der Waals surface area (Å²) in [5.41, 5.74) is 3.70. The molecular weight excluding hydrogens is 334 g/mol. The first-order chi connectivity index (χ1) is 11.9. The molecule has 3 aromatic rings. The Kier molecular flexibility index (Phi) is 4.94.